The monoisotopic (exact) mass is 751 g/mol. The summed E-state index contributed by atoms with van der Waals surface area (Å²) >= 11 is 1.44. The number of aromatic carboxylic acids is 1. The number of nitrogens with zero attached hydrogens (tertiary/aromatic N) is 1. The fourth-order valence-corrected chi connectivity index (χ4v) is 8.12. The van der Waals surface area contributed by atoms with Crippen LogP contribution >= 0.6 is 11.3 Å². The third-order valence-electron chi connectivity index (χ3n) is 10.2. The molecule has 5 rings (SSSR count). The van der Waals surface area contributed by atoms with E-state index in [4.69, 9.17) is 5.11 Å². The number of hydrogen-bond donors (Lipinski definition) is 4. The topological polar surface area (TPSA) is 153 Å². The summed E-state index contributed by atoms with van der Waals surface area (Å²) in [5.41, 5.74) is 4.40. The largest absolute Gasteiger partial charge is 0.481 e. The Bertz CT molecular complexity index is 2000. The maximum atomic E-state index is 13.9. The molecule has 284 valence electrons. The van der Waals surface area contributed by atoms with E-state index in [1.165, 1.54) is 11.3 Å². The normalized spacial score (nSPS) is 12.5. The molecule has 0 atom stereocenters. The van der Waals surface area contributed by atoms with E-state index < -0.39 is 17.4 Å². The van der Waals surface area contributed by atoms with Crippen LogP contribution in [0.1, 0.15) is 118 Å². The molecular formula is C43H49N3O7S. The van der Waals surface area contributed by atoms with Gasteiger partial charge < -0.3 is 25.7 Å². The Morgan fingerprint density at radius 3 is 2.02 bits per heavy atom. The zero-order valence-electron chi connectivity index (χ0n) is 31.4. The second-order valence-corrected chi connectivity index (χ2v) is 15.7. The number of nitrogens with one attached hydrogen (secondary N) is 2. The molecule has 54 heavy (non-hydrogen) atoms. The Balaban J connectivity index is 1.29. The lowest BCUT2D eigenvalue weighted by Gasteiger charge is -2.33. The molecule has 0 fully saturated rings. The van der Waals surface area contributed by atoms with Crippen molar-refractivity contribution in [3.63, 3.8) is 0 Å². The number of amides is 3. The molecule has 0 spiro atoms. The van der Waals surface area contributed by atoms with Gasteiger partial charge in [-0.15, -0.1) is 11.3 Å². The zero-order valence-corrected chi connectivity index (χ0v) is 32.2. The average molecular weight is 752 g/mol. The van der Waals surface area contributed by atoms with E-state index in [9.17, 15) is 29.1 Å². The molecule has 0 radical (unpaired) electrons. The van der Waals surface area contributed by atoms with E-state index in [1.807, 2.05) is 56.3 Å². The van der Waals surface area contributed by atoms with Crippen LogP contribution in [-0.4, -0.2) is 50.8 Å². The highest BCUT2D eigenvalue weighted by atomic mass is 32.1. The van der Waals surface area contributed by atoms with Crippen molar-refractivity contribution in [2.24, 2.45) is 5.41 Å². The molecule has 1 aromatic heterocycles. The molecule has 3 aromatic carbocycles. The summed E-state index contributed by atoms with van der Waals surface area (Å²) in [5.74, 6) is -2.87. The minimum absolute atomic E-state index is 0.0840. The first kappa shape index (κ1) is 39.9. The lowest BCUT2D eigenvalue weighted by atomic mass is 9.88. The van der Waals surface area contributed by atoms with Crippen LogP contribution in [0.4, 0.5) is 10.7 Å². The Kier molecular flexibility index (Phi) is 13.1. The Morgan fingerprint density at radius 2 is 1.41 bits per heavy atom. The number of rotatable bonds is 16. The third-order valence-corrected chi connectivity index (χ3v) is 11.4. The highest BCUT2D eigenvalue weighted by molar-refractivity contribution is 7.17. The average Bonchev–Trinajstić information content (AvgIpc) is 3.52. The van der Waals surface area contributed by atoms with Gasteiger partial charge in [-0.3, -0.25) is 19.2 Å². The Hall–Kier alpha value is -5.29. The molecule has 4 aromatic rings. The van der Waals surface area contributed by atoms with Crippen LogP contribution in [0.2, 0.25) is 0 Å². The van der Waals surface area contributed by atoms with Crippen molar-refractivity contribution in [1.82, 2.24) is 4.90 Å². The summed E-state index contributed by atoms with van der Waals surface area (Å²) in [7, 11) is 0. The molecule has 3 amide bonds. The summed E-state index contributed by atoms with van der Waals surface area (Å²) in [6.45, 7) is 7.33. The first-order valence-electron chi connectivity index (χ1n) is 18.6. The van der Waals surface area contributed by atoms with Crippen LogP contribution in [0.15, 0.2) is 72.8 Å². The number of carboxylic acid groups (broad SMARTS) is 2. The number of aryl methyl sites for hydroxylation is 3. The second kappa shape index (κ2) is 17.7. The van der Waals surface area contributed by atoms with Crippen molar-refractivity contribution < 1.29 is 34.2 Å². The number of anilines is 2. The van der Waals surface area contributed by atoms with Gasteiger partial charge in [-0.2, -0.15) is 0 Å². The van der Waals surface area contributed by atoms with Gasteiger partial charge in [0.05, 0.1) is 16.5 Å². The highest BCUT2D eigenvalue weighted by Gasteiger charge is 2.34. The van der Waals surface area contributed by atoms with Crippen molar-refractivity contribution in [3.8, 4) is 0 Å². The maximum Gasteiger partial charge on any atom is 0.335 e. The van der Waals surface area contributed by atoms with Crippen LogP contribution in [0, 0.1) is 5.41 Å². The fourth-order valence-electron chi connectivity index (χ4n) is 6.83. The standard InChI is InChI=1S/C43H49N3O7S/c1-5-33(6-2)46(36(47)25-43(3,4)42(52)53)26-29-10-9-11-31(24-29)38(48)45-40-37(34-12-7-8-13-35(34)54-40)39(49)44-32-22-18-28(19-23-32)15-14-27-16-20-30(21-17-27)41(50)51/h9-11,16-24,33H,5-8,12-15,25-26H2,1-4H3,(H,44,49)(H,45,48)(H,50,51)(H,52,53). The van der Waals surface area contributed by atoms with Gasteiger partial charge in [0.1, 0.15) is 5.00 Å². The third kappa shape index (κ3) is 9.82. The van der Waals surface area contributed by atoms with Crippen molar-refractivity contribution in [1.29, 1.82) is 0 Å². The highest BCUT2D eigenvalue weighted by Crippen LogP contribution is 2.39. The fraction of sp³-hybridized carbons (Fsp3) is 0.372. The molecule has 4 N–H and O–H groups in total. The van der Waals surface area contributed by atoms with Crippen LogP contribution in [0.5, 0.6) is 0 Å². The SMILES string of the molecule is CCC(CC)N(Cc1cccc(C(=O)Nc2sc3c(c2C(=O)Nc2ccc(CCc4ccc(C(=O)O)cc4)cc2)CCCC3)c1)C(=O)CC(C)(C)C(=O)O. The van der Waals surface area contributed by atoms with Crippen molar-refractivity contribution >= 4 is 51.7 Å². The molecule has 11 heteroatoms. The van der Waals surface area contributed by atoms with Crippen molar-refractivity contribution in [3.05, 3.63) is 117 Å². The smallest absolute Gasteiger partial charge is 0.335 e. The number of thiophene rings is 1. The van der Waals surface area contributed by atoms with Crippen molar-refractivity contribution in [2.45, 2.75) is 98.1 Å². The minimum atomic E-state index is -1.21. The predicted molar refractivity (Wildman–Crippen MR) is 212 cm³/mol. The number of aliphatic carboxylic acids is 1. The molecule has 0 saturated carbocycles. The van der Waals surface area contributed by atoms with Gasteiger partial charge in [0, 0.05) is 35.1 Å². The lowest BCUT2D eigenvalue weighted by Crippen LogP contribution is -2.42. The van der Waals surface area contributed by atoms with E-state index in [0.29, 0.717) is 34.7 Å². The van der Waals surface area contributed by atoms with Gasteiger partial charge in [0.2, 0.25) is 5.91 Å². The first-order chi connectivity index (χ1) is 25.8. The number of hydrogen-bond acceptors (Lipinski definition) is 6. The second-order valence-electron chi connectivity index (χ2n) is 14.6. The van der Waals surface area contributed by atoms with Gasteiger partial charge in [-0.25, -0.2) is 4.79 Å². The molecule has 0 saturated heterocycles. The zero-order chi connectivity index (χ0) is 39.0. The van der Waals surface area contributed by atoms with E-state index >= 15 is 0 Å². The molecule has 1 aliphatic rings. The quantitative estimate of drug-likeness (QED) is 0.0894. The van der Waals surface area contributed by atoms with Gasteiger partial charge in [-0.1, -0.05) is 50.2 Å². The lowest BCUT2D eigenvalue weighted by molar-refractivity contribution is -0.152. The number of benzene rings is 3. The summed E-state index contributed by atoms with van der Waals surface area (Å²) in [6.07, 6.45) is 6.36. The molecule has 0 bridgehead atoms. The predicted octanol–water partition coefficient (Wildman–Crippen LogP) is 8.63. The Labute approximate surface area is 320 Å². The first-order valence-corrected chi connectivity index (χ1v) is 19.4. The maximum absolute atomic E-state index is 13.9. The van der Waals surface area contributed by atoms with E-state index in [1.54, 1.807) is 49.1 Å². The number of carbonyl (C=O) groups is 5. The van der Waals surface area contributed by atoms with E-state index in [0.717, 1.165) is 65.7 Å². The molecule has 1 heterocycles. The van der Waals surface area contributed by atoms with Gasteiger partial charge in [0.15, 0.2) is 0 Å². The van der Waals surface area contributed by atoms with Gasteiger partial charge >= 0.3 is 11.9 Å². The summed E-state index contributed by atoms with van der Waals surface area (Å²) in [6, 6.07) is 21.5. The summed E-state index contributed by atoms with van der Waals surface area (Å²) < 4.78 is 0. The van der Waals surface area contributed by atoms with E-state index in [-0.39, 0.29) is 42.3 Å². The molecule has 10 nitrogen and oxygen atoms in total. The van der Waals surface area contributed by atoms with Crippen LogP contribution < -0.4 is 10.6 Å². The number of carbonyl (C=O) groups excluding carboxylic acids is 3. The van der Waals surface area contributed by atoms with Gasteiger partial charge in [0.25, 0.3) is 11.8 Å². The molecule has 0 aliphatic heterocycles. The molecule has 1 aliphatic carbocycles. The summed E-state index contributed by atoms with van der Waals surface area (Å²) in [4.78, 5) is 66.9. The summed E-state index contributed by atoms with van der Waals surface area (Å²) in [5, 5.41) is 25.3. The Morgan fingerprint density at radius 1 is 0.778 bits per heavy atom. The van der Waals surface area contributed by atoms with Crippen LogP contribution in [0.25, 0.3) is 0 Å². The molecular weight excluding hydrogens is 703 g/mol. The van der Waals surface area contributed by atoms with Gasteiger partial charge in [-0.05, 0) is 124 Å². The molecule has 0 unspecified atom stereocenters. The number of fused-ring (bicyclic) bond motifs is 1. The van der Waals surface area contributed by atoms with Crippen LogP contribution in [-0.2, 0) is 41.8 Å². The minimum Gasteiger partial charge on any atom is -0.481 e. The van der Waals surface area contributed by atoms with Crippen LogP contribution in [0.3, 0.4) is 0 Å². The van der Waals surface area contributed by atoms with Crippen molar-refractivity contribution in [2.75, 3.05) is 10.6 Å². The van der Waals surface area contributed by atoms with E-state index in [2.05, 4.69) is 10.6 Å². The number of carboxylic acids is 2.